The van der Waals surface area contributed by atoms with Gasteiger partial charge in [-0.3, -0.25) is 0 Å². The molecule has 0 aliphatic rings. The Morgan fingerprint density at radius 3 is 2.57 bits per heavy atom. The number of benzene rings is 1. The predicted octanol–water partition coefficient (Wildman–Crippen LogP) is 4.39. The van der Waals surface area contributed by atoms with Crippen molar-refractivity contribution in [2.24, 2.45) is 0 Å². The summed E-state index contributed by atoms with van der Waals surface area (Å²) >= 11 is 0. The molecule has 0 atom stereocenters. The van der Waals surface area contributed by atoms with Crippen LogP contribution in [0.3, 0.4) is 0 Å². The molecule has 1 aromatic carbocycles. The number of aryl methyl sites for hydroxylation is 1. The number of carbonyl (C=O) groups excluding carboxylic acids is 1. The Morgan fingerprint density at radius 2 is 1.81 bits per heavy atom. The molecule has 21 heavy (non-hydrogen) atoms. The van der Waals surface area contributed by atoms with Crippen molar-refractivity contribution >= 4 is 5.97 Å². The monoisotopic (exact) mass is 292 g/mol. The fraction of sp³-hybridized carbons (Fsp3) is 0.611. The van der Waals surface area contributed by atoms with Gasteiger partial charge in [0.15, 0.2) is 0 Å². The molecular weight excluding hydrogens is 264 g/mol. The Kier molecular flexibility index (Phi) is 9.55. The lowest BCUT2D eigenvalue weighted by molar-refractivity contribution is 0.0312. The van der Waals surface area contributed by atoms with E-state index in [1.165, 1.54) is 18.4 Å². The first-order chi connectivity index (χ1) is 10.3. The summed E-state index contributed by atoms with van der Waals surface area (Å²) in [6.45, 7) is 5.88. The van der Waals surface area contributed by atoms with Gasteiger partial charge >= 0.3 is 5.97 Å². The zero-order valence-corrected chi connectivity index (χ0v) is 13.4. The van der Waals surface area contributed by atoms with Crippen LogP contribution in [0, 0.1) is 0 Å². The van der Waals surface area contributed by atoms with Gasteiger partial charge in [-0.15, -0.1) is 0 Å². The molecule has 0 aliphatic heterocycles. The first-order valence-electron chi connectivity index (χ1n) is 8.11. The van der Waals surface area contributed by atoms with Gasteiger partial charge in [0.05, 0.1) is 12.2 Å². The Hall–Kier alpha value is -1.35. The number of hydrogen-bond donors (Lipinski definition) is 0. The zero-order chi connectivity index (χ0) is 15.3. The normalized spacial score (nSPS) is 10.6. The highest BCUT2D eigenvalue weighted by molar-refractivity contribution is 5.89. The van der Waals surface area contributed by atoms with Crippen LogP contribution in [0.15, 0.2) is 24.3 Å². The van der Waals surface area contributed by atoms with Crippen molar-refractivity contribution in [1.29, 1.82) is 0 Å². The zero-order valence-electron chi connectivity index (χ0n) is 13.4. The lowest BCUT2D eigenvalue weighted by atomic mass is 10.1. The Labute approximate surface area is 128 Å². The Morgan fingerprint density at radius 1 is 1.00 bits per heavy atom. The molecule has 118 valence electrons. The van der Waals surface area contributed by atoms with Crippen LogP contribution in [0.5, 0.6) is 0 Å². The molecule has 1 rings (SSSR count). The van der Waals surface area contributed by atoms with E-state index in [1.807, 2.05) is 12.1 Å². The average molecular weight is 292 g/mol. The Bertz CT molecular complexity index is 401. The molecule has 0 amide bonds. The standard InChI is InChI=1S/C18H28O3/c1-3-5-7-12-20-13-14-21-18(19)17-11-8-10-16(15-17)9-6-4-2/h8,10-11,15H,3-7,9,12-14H2,1-2H3. The first-order valence-corrected chi connectivity index (χ1v) is 8.11. The number of hydrogen-bond acceptors (Lipinski definition) is 3. The third kappa shape index (κ3) is 7.86. The summed E-state index contributed by atoms with van der Waals surface area (Å²) in [5.41, 5.74) is 1.83. The summed E-state index contributed by atoms with van der Waals surface area (Å²) in [4.78, 5) is 11.9. The fourth-order valence-corrected chi connectivity index (χ4v) is 2.07. The molecule has 0 bridgehead atoms. The number of unbranched alkanes of at least 4 members (excludes halogenated alkanes) is 3. The number of rotatable bonds is 11. The van der Waals surface area contributed by atoms with Gasteiger partial charge in [-0.2, -0.15) is 0 Å². The maximum absolute atomic E-state index is 11.9. The quantitative estimate of drug-likeness (QED) is 0.448. The van der Waals surface area contributed by atoms with E-state index in [4.69, 9.17) is 9.47 Å². The summed E-state index contributed by atoms with van der Waals surface area (Å²) in [6.07, 6.45) is 6.76. The molecule has 3 heteroatoms. The second kappa shape index (κ2) is 11.3. The van der Waals surface area contributed by atoms with Crippen LogP contribution in [0.4, 0.5) is 0 Å². The van der Waals surface area contributed by atoms with Crippen molar-refractivity contribution in [3.8, 4) is 0 Å². The van der Waals surface area contributed by atoms with Gasteiger partial charge in [0.2, 0.25) is 0 Å². The molecule has 0 heterocycles. The minimum absolute atomic E-state index is 0.259. The van der Waals surface area contributed by atoms with E-state index in [0.29, 0.717) is 18.8 Å². The highest BCUT2D eigenvalue weighted by Crippen LogP contribution is 2.10. The molecule has 0 aliphatic carbocycles. The molecule has 3 nitrogen and oxygen atoms in total. The van der Waals surface area contributed by atoms with Crippen LogP contribution in [0.2, 0.25) is 0 Å². The van der Waals surface area contributed by atoms with E-state index in [2.05, 4.69) is 19.9 Å². The van der Waals surface area contributed by atoms with E-state index in [-0.39, 0.29) is 5.97 Å². The van der Waals surface area contributed by atoms with E-state index < -0.39 is 0 Å². The molecule has 0 N–H and O–H groups in total. The molecule has 1 aromatic rings. The molecule has 0 saturated carbocycles. The van der Waals surface area contributed by atoms with Crippen molar-refractivity contribution in [2.45, 2.75) is 52.4 Å². The molecular formula is C18H28O3. The second-order valence-corrected chi connectivity index (χ2v) is 5.26. The number of carbonyl (C=O) groups is 1. The minimum Gasteiger partial charge on any atom is -0.460 e. The van der Waals surface area contributed by atoms with Crippen molar-refractivity contribution in [2.75, 3.05) is 19.8 Å². The highest BCUT2D eigenvalue weighted by Gasteiger charge is 2.07. The topological polar surface area (TPSA) is 35.5 Å². The van der Waals surface area contributed by atoms with E-state index in [9.17, 15) is 4.79 Å². The Balaban J connectivity index is 2.25. The first kappa shape index (κ1) is 17.7. The third-order valence-corrected chi connectivity index (χ3v) is 3.33. The molecule has 0 unspecified atom stereocenters. The van der Waals surface area contributed by atoms with Crippen LogP contribution in [-0.2, 0) is 15.9 Å². The average Bonchev–Trinajstić information content (AvgIpc) is 2.52. The summed E-state index contributed by atoms with van der Waals surface area (Å²) in [7, 11) is 0. The van der Waals surface area contributed by atoms with Gasteiger partial charge in [-0.1, -0.05) is 45.2 Å². The van der Waals surface area contributed by atoms with Gasteiger partial charge in [0.25, 0.3) is 0 Å². The molecule has 0 aromatic heterocycles. The predicted molar refractivity (Wildman–Crippen MR) is 85.7 cm³/mol. The smallest absolute Gasteiger partial charge is 0.338 e. The van der Waals surface area contributed by atoms with E-state index >= 15 is 0 Å². The fourth-order valence-electron chi connectivity index (χ4n) is 2.07. The van der Waals surface area contributed by atoms with Crippen LogP contribution in [0.25, 0.3) is 0 Å². The van der Waals surface area contributed by atoms with Crippen molar-refractivity contribution in [3.05, 3.63) is 35.4 Å². The molecule has 0 fully saturated rings. The molecule has 0 spiro atoms. The van der Waals surface area contributed by atoms with Crippen LogP contribution < -0.4 is 0 Å². The number of ether oxygens (including phenoxy) is 2. The van der Waals surface area contributed by atoms with Gasteiger partial charge in [0, 0.05) is 6.61 Å². The van der Waals surface area contributed by atoms with Crippen molar-refractivity contribution in [1.82, 2.24) is 0 Å². The lowest BCUT2D eigenvalue weighted by Crippen LogP contribution is -2.11. The highest BCUT2D eigenvalue weighted by atomic mass is 16.6. The van der Waals surface area contributed by atoms with Crippen LogP contribution in [0.1, 0.15) is 61.9 Å². The van der Waals surface area contributed by atoms with Crippen molar-refractivity contribution < 1.29 is 14.3 Å². The molecule has 0 saturated heterocycles. The molecule has 0 radical (unpaired) electrons. The summed E-state index contributed by atoms with van der Waals surface area (Å²) in [5, 5.41) is 0. The van der Waals surface area contributed by atoms with Crippen LogP contribution in [-0.4, -0.2) is 25.8 Å². The summed E-state index contributed by atoms with van der Waals surface area (Å²) in [6, 6.07) is 7.71. The van der Waals surface area contributed by atoms with Gasteiger partial charge in [-0.25, -0.2) is 4.79 Å². The maximum Gasteiger partial charge on any atom is 0.338 e. The van der Waals surface area contributed by atoms with Crippen molar-refractivity contribution in [3.63, 3.8) is 0 Å². The minimum atomic E-state index is -0.259. The van der Waals surface area contributed by atoms with Crippen LogP contribution >= 0.6 is 0 Å². The largest absolute Gasteiger partial charge is 0.460 e. The third-order valence-electron chi connectivity index (χ3n) is 3.33. The van der Waals surface area contributed by atoms with E-state index in [1.54, 1.807) is 6.07 Å². The van der Waals surface area contributed by atoms with E-state index in [0.717, 1.165) is 32.3 Å². The summed E-state index contributed by atoms with van der Waals surface area (Å²) < 4.78 is 10.7. The van der Waals surface area contributed by atoms with Gasteiger partial charge in [-0.05, 0) is 37.0 Å². The lowest BCUT2D eigenvalue weighted by Gasteiger charge is -2.07. The maximum atomic E-state index is 11.9. The van der Waals surface area contributed by atoms with Gasteiger partial charge in [0.1, 0.15) is 6.61 Å². The van der Waals surface area contributed by atoms with Gasteiger partial charge < -0.3 is 9.47 Å². The SMILES string of the molecule is CCCCCOCCOC(=O)c1cccc(CCCC)c1. The second-order valence-electron chi connectivity index (χ2n) is 5.26. The summed E-state index contributed by atoms with van der Waals surface area (Å²) in [5.74, 6) is -0.259. The number of esters is 1.